The molecule has 0 fully saturated rings. The average molecular weight is 306 g/mol. The van der Waals surface area contributed by atoms with Gasteiger partial charge in [-0.1, -0.05) is 13.8 Å². The number of rotatable bonds is 7. The normalized spacial score (nSPS) is 11.2. The zero-order chi connectivity index (χ0) is 15.2. The Labute approximate surface area is 129 Å². The summed E-state index contributed by atoms with van der Waals surface area (Å²) in [6, 6.07) is 7.56. The second-order valence-corrected chi connectivity index (χ2v) is 6.54. The van der Waals surface area contributed by atoms with Crippen LogP contribution in [0.15, 0.2) is 24.3 Å². The van der Waals surface area contributed by atoms with Gasteiger partial charge in [0.15, 0.2) is 0 Å². The van der Waals surface area contributed by atoms with Gasteiger partial charge in [-0.05, 0) is 42.0 Å². The van der Waals surface area contributed by atoms with Crippen molar-refractivity contribution < 1.29 is 9.53 Å². The minimum atomic E-state index is -0.0535. The summed E-state index contributed by atoms with van der Waals surface area (Å²) in [7, 11) is 0. The maximum atomic E-state index is 12.1. The van der Waals surface area contributed by atoms with E-state index in [2.05, 4.69) is 19.2 Å². The molecule has 0 bridgehead atoms. The molecule has 0 saturated carbocycles. The van der Waals surface area contributed by atoms with Crippen molar-refractivity contribution in [2.75, 3.05) is 25.5 Å². The van der Waals surface area contributed by atoms with E-state index in [0.717, 1.165) is 23.1 Å². The number of nitrogen functional groups attached to an aromatic ring is 1. The molecule has 2 rings (SSSR count). The molecular formula is C16H22N2O2S. The van der Waals surface area contributed by atoms with Gasteiger partial charge in [-0.3, -0.25) is 4.79 Å². The lowest BCUT2D eigenvalue weighted by atomic mass is 10.1. The summed E-state index contributed by atoms with van der Waals surface area (Å²) in [4.78, 5) is 12.8. The van der Waals surface area contributed by atoms with E-state index < -0.39 is 0 Å². The van der Waals surface area contributed by atoms with Crippen LogP contribution in [0.1, 0.15) is 29.9 Å². The highest BCUT2D eigenvalue weighted by molar-refractivity contribution is 7.20. The predicted octanol–water partition coefficient (Wildman–Crippen LogP) is 3.28. The van der Waals surface area contributed by atoms with Gasteiger partial charge >= 0.3 is 0 Å². The molecule has 1 heterocycles. The monoisotopic (exact) mass is 306 g/mol. The maximum absolute atomic E-state index is 12.1. The summed E-state index contributed by atoms with van der Waals surface area (Å²) < 4.78 is 6.55. The zero-order valence-corrected chi connectivity index (χ0v) is 13.3. The highest BCUT2D eigenvalue weighted by Crippen LogP contribution is 2.27. The molecule has 1 amide bonds. The van der Waals surface area contributed by atoms with Crippen molar-refractivity contribution in [2.24, 2.45) is 5.92 Å². The van der Waals surface area contributed by atoms with Crippen LogP contribution < -0.4 is 11.1 Å². The van der Waals surface area contributed by atoms with Crippen LogP contribution in [0.4, 0.5) is 5.69 Å². The molecule has 21 heavy (non-hydrogen) atoms. The smallest absolute Gasteiger partial charge is 0.261 e. The first-order valence-corrected chi connectivity index (χ1v) is 8.03. The molecule has 0 aliphatic heterocycles. The zero-order valence-electron chi connectivity index (χ0n) is 12.5. The molecule has 1 aromatic heterocycles. The predicted molar refractivity (Wildman–Crippen MR) is 88.8 cm³/mol. The Kier molecular flexibility index (Phi) is 5.59. The van der Waals surface area contributed by atoms with E-state index in [0.29, 0.717) is 29.6 Å². The number of anilines is 1. The summed E-state index contributed by atoms with van der Waals surface area (Å²) in [5, 5.41) is 3.89. The molecule has 4 nitrogen and oxygen atoms in total. The molecule has 0 atom stereocenters. The Morgan fingerprint density at radius 2 is 2.14 bits per heavy atom. The van der Waals surface area contributed by atoms with Crippen molar-refractivity contribution in [1.29, 1.82) is 0 Å². The van der Waals surface area contributed by atoms with Crippen molar-refractivity contribution in [3.8, 4) is 0 Å². The minimum Gasteiger partial charge on any atom is -0.399 e. The lowest BCUT2D eigenvalue weighted by molar-refractivity contribution is 0.0909. The molecule has 0 spiro atoms. The number of hydrogen-bond acceptors (Lipinski definition) is 4. The quantitative estimate of drug-likeness (QED) is 0.609. The number of ether oxygens (including phenoxy) is 1. The molecule has 1 aromatic carbocycles. The van der Waals surface area contributed by atoms with E-state index in [1.54, 1.807) is 0 Å². The number of hydrogen-bond donors (Lipinski definition) is 2. The van der Waals surface area contributed by atoms with E-state index in [4.69, 9.17) is 10.5 Å². The topological polar surface area (TPSA) is 64.3 Å². The lowest BCUT2D eigenvalue weighted by Crippen LogP contribution is -2.26. The van der Waals surface area contributed by atoms with E-state index in [1.807, 2.05) is 24.3 Å². The number of benzene rings is 1. The first kappa shape index (κ1) is 15.8. The van der Waals surface area contributed by atoms with Crippen molar-refractivity contribution in [2.45, 2.75) is 20.3 Å². The average Bonchev–Trinajstić information content (AvgIpc) is 2.85. The van der Waals surface area contributed by atoms with Crippen molar-refractivity contribution >= 4 is 33.0 Å². The number of amides is 1. The molecule has 3 N–H and O–H groups in total. The third-order valence-corrected chi connectivity index (χ3v) is 4.25. The van der Waals surface area contributed by atoms with Gasteiger partial charge in [0.1, 0.15) is 0 Å². The van der Waals surface area contributed by atoms with E-state index >= 15 is 0 Å². The van der Waals surface area contributed by atoms with Gasteiger partial charge in [-0.2, -0.15) is 0 Å². The Balaban J connectivity index is 1.79. The molecule has 5 heteroatoms. The van der Waals surface area contributed by atoms with Crippen molar-refractivity contribution in [3.05, 3.63) is 29.1 Å². The van der Waals surface area contributed by atoms with Crippen LogP contribution in [-0.4, -0.2) is 25.7 Å². The molecule has 0 aliphatic rings. The molecule has 0 radical (unpaired) electrons. The van der Waals surface area contributed by atoms with Gasteiger partial charge in [-0.15, -0.1) is 11.3 Å². The van der Waals surface area contributed by atoms with Crippen LogP contribution in [0, 0.1) is 5.92 Å². The van der Waals surface area contributed by atoms with E-state index in [1.165, 1.54) is 11.3 Å². The third-order valence-electron chi connectivity index (χ3n) is 3.14. The highest BCUT2D eigenvalue weighted by Gasteiger charge is 2.09. The molecule has 0 saturated heterocycles. The van der Waals surface area contributed by atoms with Gasteiger partial charge in [0.2, 0.25) is 0 Å². The minimum absolute atomic E-state index is 0.0535. The van der Waals surface area contributed by atoms with Crippen LogP contribution in [0.5, 0.6) is 0 Å². The molecular weight excluding hydrogens is 284 g/mol. The fraction of sp³-hybridized carbons (Fsp3) is 0.438. The highest BCUT2D eigenvalue weighted by atomic mass is 32.1. The van der Waals surface area contributed by atoms with E-state index in [9.17, 15) is 4.79 Å². The number of fused-ring (bicyclic) bond motifs is 1. The number of nitrogens with two attached hydrogens (primary N) is 1. The standard InChI is InChI=1S/C16H22N2O2S/c1-11(2)5-7-20-8-6-18-16(19)15-10-12-9-13(17)3-4-14(12)21-15/h3-4,9-11H,5-8,17H2,1-2H3,(H,18,19). The largest absolute Gasteiger partial charge is 0.399 e. The van der Waals surface area contributed by atoms with Gasteiger partial charge in [0.25, 0.3) is 5.91 Å². The van der Waals surface area contributed by atoms with Crippen molar-refractivity contribution in [1.82, 2.24) is 5.32 Å². The summed E-state index contributed by atoms with van der Waals surface area (Å²) >= 11 is 1.48. The van der Waals surface area contributed by atoms with Gasteiger partial charge in [0.05, 0.1) is 11.5 Å². The van der Waals surface area contributed by atoms with Crippen LogP contribution in [-0.2, 0) is 4.74 Å². The fourth-order valence-electron chi connectivity index (χ4n) is 1.92. The maximum Gasteiger partial charge on any atom is 0.261 e. The summed E-state index contributed by atoms with van der Waals surface area (Å²) in [5.74, 6) is 0.591. The van der Waals surface area contributed by atoms with Crippen LogP contribution in [0.3, 0.4) is 0 Å². The Hall–Kier alpha value is -1.59. The molecule has 0 aliphatic carbocycles. The van der Waals surface area contributed by atoms with E-state index in [-0.39, 0.29) is 5.91 Å². The van der Waals surface area contributed by atoms with Crippen molar-refractivity contribution in [3.63, 3.8) is 0 Å². The molecule has 0 unspecified atom stereocenters. The van der Waals surface area contributed by atoms with Gasteiger partial charge in [-0.25, -0.2) is 0 Å². The number of thiophene rings is 1. The first-order chi connectivity index (χ1) is 10.1. The summed E-state index contributed by atoms with van der Waals surface area (Å²) in [5.41, 5.74) is 6.46. The SMILES string of the molecule is CC(C)CCOCCNC(=O)c1cc2cc(N)ccc2s1. The number of carbonyl (C=O) groups is 1. The lowest BCUT2D eigenvalue weighted by Gasteiger charge is -2.07. The van der Waals surface area contributed by atoms with Gasteiger partial charge < -0.3 is 15.8 Å². The third kappa shape index (κ3) is 4.72. The Morgan fingerprint density at radius 1 is 1.33 bits per heavy atom. The number of nitrogens with one attached hydrogen (secondary N) is 1. The Bertz CT molecular complexity index is 607. The summed E-state index contributed by atoms with van der Waals surface area (Å²) in [6.07, 6.45) is 1.05. The second-order valence-electron chi connectivity index (χ2n) is 5.46. The fourth-order valence-corrected chi connectivity index (χ4v) is 2.88. The first-order valence-electron chi connectivity index (χ1n) is 7.21. The number of carbonyl (C=O) groups excluding carboxylic acids is 1. The molecule has 2 aromatic rings. The second kappa shape index (κ2) is 7.43. The van der Waals surface area contributed by atoms with Crippen LogP contribution in [0.2, 0.25) is 0 Å². The Morgan fingerprint density at radius 3 is 2.90 bits per heavy atom. The summed E-state index contributed by atoms with van der Waals surface area (Å²) in [6.45, 7) is 6.16. The van der Waals surface area contributed by atoms with Crippen LogP contribution >= 0.6 is 11.3 Å². The molecule has 114 valence electrons. The van der Waals surface area contributed by atoms with Gasteiger partial charge in [0, 0.05) is 23.5 Å². The van der Waals surface area contributed by atoms with Crippen LogP contribution in [0.25, 0.3) is 10.1 Å².